The molecule has 0 radical (unpaired) electrons. The Bertz CT molecular complexity index is 467. The van der Waals surface area contributed by atoms with Crippen LogP contribution in [0.5, 0.6) is 0 Å². The van der Waals surface area contributed by atoms with Crippen LogP contribution in [0.25, 0.3) is 0 Å². The molecule has 21 heavy (non-hydrogen) atoms. The molecule has 116 valence electrons. The predicted octanol–water partition coefficient (Wildman–Crippen LogP) is 0.762. The minimum atomic E-state index is -0.286. The van der Waals surface area contributed by atoms with Gasteiger partial charge in [-0.15, -0.1) is 0 Å². The maximum atomic E-state index is 12.1. The van der Waals surface area contributed by atoms with Crippen molar-refractivity contribution in [2.24, 2.45) is 11.7 Å². The average molecular weight is 294 g/mol. The summed E-state index contributed by atoms with van der Waals surface area (Å²) in [4.78, 5) is 12.1. The molecule has 6 nitrogen and oxygen atoms in total. The number of anilines is 1. The fourth-order valence-electron chi connectivity index (χ4n) is 2.15. The second-order valence-corrected chi connectivity index (χ2v) is 5.04. The zero-order valence-electron chi connectivity index (χ0n) is 12.2. The summed E-state index contributed by atoms with van der Waals surface area (Å²) in [6.07, 6.45) is 0. The molecule has 1 aromatic rings. The molecule has 2 unspecified atom stereocenters. The number of nitrogens with two attached hydrogens (primary N) is 1. The van der Waals surface area contributed by atoms with Crippen LogP contribution in [0.3, 0.4) is 0 Å². The van der Waals surface area contributed by atoms with E-state index in [1.807, 2.05) is 24.3 Å². The van der Waals surface area contributed by atoms with Gasteiger partial charge in [0, 0.05) is 18.8 Å². The number of hydrogen-bond acceptors (Lipinski definition) is 5. The molecule has 2 rings (SSSR count). The number of carbonyl (C=O) groups is 1. The lowest BCUT2D eigenvalue weighted by Gasteiger charge is -2.14. The van der Waals surface area contributed by atoms with Gasteiger partial charge in [0.15, 0.2) is 0 Å². The van der Waals surface area contributed by atoms with Gasteiger partial charge in [-0.2, -0.15) is 0 Å². The van der Waals surface area contributed by atoms with Gasteiger partial charge < -0.3 is 25.3 Å². The number of hydrogen-bond donors (Lipinski definition) is 2. The van der Waals surface area contributed by atoms with E-state index in [0.717, 1.165) is 11.3 Å². The predicted molar refractivity (Wildman–Crippen MR) is 78.9 cm³/mol. The Morgan fingerprint density at radius 1 is 1.43 bits per heavy atom. The van der Waals surface area contributed by atoms with Crippen LogP contribution in [0, 0.1) is 5.92 Å². The fraction of sp³-hybridized carbons (Fsp3) is 0.533. The summed E-state index contributed by atoms with van der Waals surface area (Å²) in [7, 11) is 1.64. The van der Waals surface area contributed by atoms with E-state index in [0.29, 0.717) is 33.0 Å². The summed E-state index contributed by atoms with van der Waals surface area (Å²) >= 11 is 0. The zero-order valence-corrected chi connectivity index (χ0v) is 12.2. The smallest absolute Gasteiger partial charge is 0.231 e. The SMILES string of the molecule is COCCOCc1cccc(NC(=O)C2COCC2N)c1. The molecule has 1 aliphatic heterocycles. The lowest BCUT2D eigenvalue weighted by molar-refractivity contribution is -0.120. The molecule has 0 spiro atoms. The number of carbonyl (C=O) groups excluding carboxylic acids is 1. The Labute approximate surface area is 124 Å². The number of methoxy groups -OCH3 is 1. The molecule has 1 heterocycles. The van der Waals surface area contributed by atoms with E-state index in [4.69, 9.17) is 19.9 Å². The maximum absolute atomic E-state index is 12.1. The van der Waals surface area contributed by atoms with Crippen LogP contribution < -0.4 is 11.1 Å². The van der Waals surface area contributed by atoms with Gasteiger partial charge in [-0.25, -0.2) is 0 Å². The highest BCUT2D eigenvalue weighted by atomic mass is 16.5. The highest BCUT2D eigenvalue weighted by Crippen LogP contribution is 2.17. The van der Waals surface area contributed by atoms with Gasteiger partial charge in [-0.05, 0) is 17.7 Å². The first-order chi connectivity index (χ1) is 10.2. The average Bonchev–Trinajstić information content (AvgIpc) is 2.90. The standard InChI is InChI=1S/C15H22N2O4/c1-19-5-6-20-8-11-3-2-4-12(7-11)17-15(18)13-9-21-10-14(13)16/h2-4,7,13-14H,5-6,8-10,16H2,1H3,(H,17,18). The molecule has 1 amide bonds. The van der Waals surface area contributed by atoms with Crippen molar-refractivity contribution in [3.63, 3.8) is 0 Å². The van der Waals surface area contributed by atoms with Gasteiger partial charge in [0.05, 0.1) is 39.0 Å². The first-order valence-electron chi connectivity index (χ1n) is 7.00. The van der Waals surface area contributed by atoms with Crippen molar-refractivity contribution < 1.29 is 19.0 Å². The molecule has 0 saturated carbocycles. The number of nitrogens with one attached hydrogen (secondary N) is 1. The largest absolute Gasteiger partial charge is 0.382 e. The molecule has 0 aliphatic carbocycles. The number of rotatable bonds is 7. The van der Waals surface area contributed by atoms with E-state index in [9.17, 15) is 4.79 Å². The molecule has 1 aromatic carbocycles. The van der Waals surface area contributed by atoms with Crippen LogP contribution in [0.2, 0.25) is 0 Å². The lowest BCUT2D eigenvalue weighted by atomic mass is 10.0. The van der Waals surface area contributed by atoms with Crippen molar-refractivity contribution in [3.8, 4) is 0 Å². The number of ether oxygens (including phenoxy) is 3. The van der Waals surface area contributed by atoms with E-state index >= 15 is 0 Å². The lowest BCUT2D eigenvalue weighted by Crippen LogP contribution is -2.37. The first kappa shape index (κ1) is 15.9. The van der Waals surface area contributed by atoms with Gasteiger partial charge in [0.2, 0.25) is 5.91 Å². The quantitative estimate of drug-likeness (QED) is 0.726. The third-order valence-electron chi connectivity index (χ3n) is 3.36. The van der Waals surface area contributed by atoms with Crippen molar-refractivity contribution in [2.45, 2.75) is 12.6 Å². The number of benzene rings is 1. The highest BCUT2D eigenvalue weighted by molar-refractivity contribution is 5.93. The monoisotopic (exact) mass is 294 g/mol. The Morgan fingerprint density at radius 3 is 3.00 bits per heavy atom. The third-order valence-corrected chi connectivity index (χ3v) is 3.36. The van der Waals surface area contributed by atoms with Crippen molar-refractivity contribution in [1.29, 1.82) is 0 Å². The van der Waals surface area contributed by atoms with Gasteiger partial charge in [-0.3, -0.25) is 4.79 Å². The molecule has 6 heteroatoms. The van der Waals surface area contributed by atoms with E-state index in [1.54, 1.807) is 7.11 Å². The van der Waals surface area contributed by atoms with Crippen LogP contribution >= 0.6 is 0 Å². The molecule has 1 aliphatic rings. The summed E-state index contributed by atoms with van der Waals surface area (Å²) in [5, 5.41) is 2.88. The van der Waals surface area contributed by atoms with E-state index in [-0.39, 0.29) is 17.9 Å². The summed E-state index contributed by atoms with van der Waals surface area (Å²) < 4.78 is 15.6. The molecular weight excluding hydrogens is 272 g/mol. The minimum absolute atomic E-state index is 0.0996. The second-order valence-electron chi connectivity index (χ2n) is 5.04. The Hall–Kier alpha value is -1.47. The minimum Gasteiger partial charge on any atom is -0.382 e. The Morgan fingerprint density at radius 2 is 2.29 bits per heavy atom. The molecule has 0 aromatic heterocycles. The highest BCUT2D eigenvalue weighted by Gasteiger charge is 2.31. The van der Waals surface area contributed by atoms with Crippen molar-refractivity contribution in [1.82, 2.24) is 0 Å². The van der Waals surface area contributed by atoms with Gasteiger partial charge in [0.1, 0.15) is 0 Å². The van der Waals surface area contributed by atoms with Crippen molar-refractivity contribution in [2.75, 3.05) is 38.9 Å². The molecule has 1 saturated heterocycles. The van der Waals surface area contributed by atoms with Crippen molar-refractivity contribution >= 4 is 11.6 Å². The summed E-state index contributed by atoms with van der Waals surface area (Å²) in [6.45, 7) is 2.41. The zero-order chi connectivity index (χ0) is 15.1. The number of amides is 1. The third kappa shape index (κ3) is 4.78. The summed E-state index contributed by atoms with van der Waals surface area (Å²) in [5.41, 5.74) is 7.58. The maximum Gasteiger partial charge on any atom is 0.231 e. The summed E-state index contributed by atoms with van der Waals surface area (Å²) in [6, 6.07) is 7.34. The van der Waals surface area contributed by atoms with Crippen LogP contribution in [-0.2, 0) is 25.6 Å². The van der Waals surface area contributed by atoms with Crippen LogP contribution in [0.4, 0.5) is 5.69 Å². The van der Waals surface area contributed by atoms with E-state index in [1.165, 1.54) is 0 Å². The molecule has 1 fully saturated rings. The Kier molecular flexibility index (Phi) is 6.13. The second kappa shape index (κ2) is 8.09. The molecule has 2 atom stereocenters. The Balaban J connectivity index is 1.86. The molecule has 3 N–H and O–H groups in total. The van der Waals surface area contributed by atoms with Crippen LogP contribution in [0.15, 0.2) is 24.3 Å². The van der Waals surface area contributed by atoms with Crippen molar-refractivity contribution in [3.05, 3.63) is 29.8 Å². The van der Waals surface area contributed by atoms with E-state index < -0.39 is 0 Å². The van der Waals surface area contributed by atoms with Gasteiger partial charge >= 0.3 is 0 Å². The fourth-order valence-corrected chi connectivity index (χ4v) is 2.15. The van der Waals surface area contributed by atoms with Crippen LogP contribution in [-0.4, -0.2) is 45.5 Å². The van der Waals surface area contributed by atoms with Gasteiger partial charge in [0.25, 0.3) is 0 Å². The van der Waals surface area contributed by atoms with Gasteiger partial charge in [-0.1, -0.05) is 12.1 Å². The normalized spacial score (nSPS) is 21.4. The van der Waals surface area contributed by atoms with E-state index in [2.05, 4.69) is 5.32 Å². The summed E-state index contributed by atoms with van der Waals surface area (Å²) in [5.74, 6) is -0.385. The topological polar surface area (TPSA) is 82.8 Å². The first-order valence-corrected chi connectivity index (χ1v) is 7.00. The molecular formula is C15H22N2O4. The van der Waals surface area contributed by atoms with Crippen LogP contribution in [0.1, 0.15) is 5.56 Å². The molecule has 0 bridgehead atoms.